The largest absolute Gasteiger partial charge is 0.467 e. The number of rotatable bonds is 9. The quantitative estimate of drug-likeness (QED) is 0.562. The molecule has 0 spiro atoms. The minimum Gasteiger partial charge on any atom is -0.467 e. The molecule has 2 rings (SSSR count). The Morgan fingerprint density at radius 2 is 1.71 bits per heavy atom. The third-order valence-corrected chi connectivity index (χ3v) is 3.12. The Morgan fingerprint density at radius 1 is 0.952 bits per heavy atom. The smallest absolute Gasteiger partial charge is 0.189 e. The van der Waals surface area contributed by atoms with Gasteiger partial charge in [0.2, 0.25) is 0 Å². The SMILES string of the molecule is CCCNCc1ccccc1OCOCc1ccccc1. The van der Waals surface area contributed by atoms with Gasteiger partial charge in [0.05, 0.1) is 6.61 Å². The molecule has 0 saturated carbocycles. The molecule has 112 valence electrons. The number of para-hydroxylation sites is 1. The lowest BCUT2D eigenvalue weighted by atomic mass is 10.2. The van der Waals surface area contributed by atoms with Gasteiger partial charge in [0.25, 0.3) is 0 Å². The van der Waals surface area contributed by atoms with Gasteiger partial charge in [-0.15, -0.1) is 0 Å². The molecule has 0 aliphatic carbocycles. The van der Waals surface area contributed by atoms with Gasteiger partial charge in [-0.1, -0.05) is 55.5 Å². The summed E-state index contributed by atoms with van der Waals surface area (Å²) in [4.78, 5) is 0. The molecule has 3 heteroatoms. The van der Waals surface area contributed by atoms with Gasteiger partial charge in [-0.25, -0.2) is 0 Å². The molecule has 0 amide bonds. The minimum absolute atomic E-state index is 0.264. The van der Waals surface area contributed by atoms with Gasteiger partial charge >= 0.3 is 0 Å². The van der Waals surface area contributed by atoms with Crippen molar-refractivity contribution in [2.75, 3.05) is 13.3 Å². The molecular formula is C18H23NO2. The van der Waals surface area contributed by atoms with E-state index in [-0.39, 0.29) is 6.79 Å². The Kier molecular flexibility index (Phi) is 6.78. The molecule has 0 atom stereocenters. The standard InChI is InChI=1S/C18H23NO2/c1-2-12-19-13-17-10-6-7-11-18(17)21-15-20-14-16-8-4-3-5-9-16/h3-11,19H,2,12-15H2,1H3. The molecule has 0 fully saturated rings. The number of ether oxygens (including phenoxy) is 2. The number of hydrogen-bond acceptors (Lipinski definition) is 3. The zero-order valence-electron chi connectivity index (χ0n) is 12.5. The Bertz CT molecular complexity index is 514. The average Bonchev–Trinajstić information content (AvgIpc) is 2.54. The molecule has 0 aromatic heterocycles. The lowest BCUT2D eigenvalue weighted by molar-refractivity contribution is 0.00449. The van der Waals surface area contributed by atoms with Gasteiger partial charge in [0.1, 0.15) is 5.75 Å². The van der Waals surface area contributed by atoms with Crippen LogP contribution >= 0.6 is 0 Å². The van der Waals surface area contributed by atoms with Gasteiger partial charge in [0, 0.05) is 12.1 Å². The van der Waals surface area contributed by atoms with E-state index < -0.39 is 0 Å². The summed E-state index contributed by atoms with van der Waals surface area (Å²) in [6.07, 6.45) is 1.13. The molecule has 0 saturated heterocycles. The van der Waals surface area contributed by atoms with Crippen LogP contribution in [0.1, 0.15) is 24.5 Å². The van der Waals surface area contributed by atoms with E-state index in [4.69, 9.17) is 9.47 Å². The van der Waals surface area contributed by atoms with Crippen LogP contribution in [-0.2, 0) is 17.9 Å². The summed E-state index contributed by atoms with van der Waals surface area (Å²) in [5.74, 6) is 0.883. The first kappa shape index (κ1) is 15.5. The Balaban J connectivity index is 1.77. The highest BCUT2D eigenvalue weighted by Crippen LogP contribution is 2.17. The molecule has 2 aromatic rings. The summed E-state index contributed by atoms with van der Waals surface area (Å²) in [6.45, 7) is 4.82. The first-order chi connectivity index (χ1) is 10.4. The molecule has 0 unspecified atom stereocenters. The van der Waals surface area contributed by atoms with Crippen molar-refractivity contribution >= 4 is 0 Å². The normalized spacial score (nSPS) is 10.5. The van der Waals surface area contributed by atoms with Gasteiger partial charge in [-0.3, -0.25) is 0 Å². The lowest BCUT2D eigenvalue weighted by Gasteiger charge is -2.12. The number of benzene rings is 2. The zero-order valence-corrected chi connectivity index (χ0v) is 12.5. The van der Waals surface area contributed by atoms with Crippen LogP contribution in [0.25, 0.3) is 0 Å². The second kappa shape index (κ2) is 9.16. The molecule has 0 radical (unpaired) electrons. The second-order valence-corrected chi connectivity index (χ2v) is 4.88. The van der Waals surface area contributed by atoms with Crippen LogP contribution < -0.4 is 10.1 Å². The summed E-state index contributed by atoms with van der Waals surface area (Å²) < 4.78 is 11.3. The van der Waals surface area contributed by atoms with Crippen LogP contribution in [0.15, 0.2) is 54.6 Å². The fourth-order valence-corrected chi connectivity index (χ4v) is 2.03. The summed E-state index contributed by atoms with van der Waals surface area (Å²) in [7, 11) is 0. The van der Waals surface area contributed by atoms with Crippen molar-refractivity contribution < 1.29 is 9.47 Å². The van der Waals surface area contributed by atoms with Crippen molar-refractivity contribution in [2.45, 2.75) is 26.5 Å². The Labute approximate surface area is 126 Å². The van der Waals surface area contributed by atoms with Crippen LogP contribution in [-0.4, -0.2) is 13.3 Å². The van der Waals surface area contributed by atoms with Crippen LogP contribution in [0, 0.1) is 0 Å². The molecule has 3 nitrogen and oxygen atoms in total. The van der Waals surface area contributed by atoms with Crippen molar-refractivity contribution in [3.05, 3.63) is 65.7 Å². The van der Waals surface area contributed by atoms with Crippen LogP contribution in [0.3, 0.4) is 0 Å². The molecule has 21 heavy (non-hydrogen) atoms. The van der Waals surface area contributed by atoms with E-state index in [9.17, 15) is 0 Å². The summed E-state index contributed by atoms with van der Waals surface area (Å²) in [5.41, 5.74) is 2.31. The molecule has 0 bridgehead atoms. The highest BCUT2D eigenvalue weighted by atomic mass is 16.7. The van der Waals surface area contributed by atoms with Crippen molar-refractivity contribution in [3.63, 3.8) is 0 Å². The van der Waals surface area contributed by atoms with E-state index in [1.54, 1.807) is 0 Å². The lowest BCUT2D eigenvalue weighted by Crippen LogP contribution is -2.15. The van der Waals surface area contributed by atoms with E-state index in [1.807, 2.05) is 48.5 Å². The van der Waals surface area contributed by atoms with E-state index in [1.165, 1.54) is 0 Å². The van der Waals surface area contributed by atoms with Crippen LogP contribution in [0.4, 0.5) is 0 Å². The van der Waals surface area contributed by atoms with E-state index in [0.29, 0.717) is 6.61 Å². The summed E-state index contributed by atoms with van der Waals surface area (Å²) in [5, 5.41) is 3.39. The van der Waals surface area contributed by atoms with Crippen molar-refractivity contribution in [1.82, 2.24) is 5.32 Å². The second-order valence-electron chi connectivity index (χ2n) is 4.88. The van der Waals surface area contributed by atoms with E-state index in [0.717, 1.165) is 36.4 Å². The number of hydrogen-bond donors (Lipinski definition) is 1. The monoisotopic (exact) mass is 285 g/mol. The fraction of sp³-hybridized carbons (Fsp3) is 0.333. The average molecular weight is 285 g/mol. The van der Waals surface area contributed by atoms with Crippen LogP contribution in [0.2, 0.25) is 0 Å². The van der Waals surface area contributed by atoms with Crippen molar-refractivity contribution in [3.8, 4) is 5.75 Å². The van der Waals surface area contributed by atoms with Crippen molar-refractivity contribution in [1.29, 1.82) is 0 Å². The topological polar surface area (TPSA) is 30.5 Å². The highest BCUT2D eigenvalue weighted by Gasteiger charge is 2.02. The maximum atomic E-state index is 5.73. The summed E-state index contributed by atoms with van der Waals surface area (Å²) in [6, 6.07) is 18.2. The van der Waals surface area contributed by atoms with Gasteiger partial charge < -0.3 is 14.8 Å². The predicted molar refractivity (Wildman–Crippen MR) is 85.2 cm³/mol. The molecular weight excluding hydrogens is 262 g/mol. The Hall–Kier alpha value is -1.84. The van der Waals surface area contributed by atoms with Gasteiger partial charge in [-0.05, 0) is 24.6 Å². The molecule has 0 aliphatic heterocycles. The third kappa shape index (κ3) is 5.58. The highest BCUT2D eigenvalue weighted by molar-refractivity contribution is 5.33. The first-order valence-corrected chi connectivity index (χ1v) is 7.43. The first-order valence-electron chi connectivity index (χ1n) is 7.43. The fourth-order valence-electron chi connectivity index (χ4n) is 2.03. The minimum atomic E-state index is 0.264. The van der Waals surface area contributed by atoms with Crippen LogP contribution in [0.5, 0.6) is 5.75 Å². The molecule has 1 N–H and O–H groups in total. The maximum absolute atomic E-state index is 5.73. The van der Waals surface area contributed by atoms with Gasteiger partial charge in [-0.2, -0.15) is 0 Å². The van der Waals surface area contributed by atoms with Crippen molar-refractivity contribution in [2.24, 2.45) is 0 Å². The van der Waals surface area contributed by atoms with E-state index in [2.05, 4.69) is 18.3 Å². The summed E-state index contributed by atoms with van der Waals surface area (Å²) >= 11 is 0. The molecule has 0 aliphatic rings. The van der Waals surface area contributed by atoms with E-state index >= 15 is 0 Å². The number of nitrogens with one attached hydrogen (secondary N) is 1. The zero-order chi connectivity index (χ0) is 14.8. The Morgan fingerprint density at radius 3 is 2.52 bits per heavy atom. The van der Waals surface area contributed by atoms with Gasteiger partial charge in [0.15, 0.2) is 6.79 Å². The molecule has 0 heterocycles. The molecule has 2 aromatic carbocycles. The third-order valence-electron chi connectivity index (χ3n) is 3.12. The maximum Gasteiger partial charge on any atom is 0.189 e. The predicted octanol–water partition coefficient (Wildman–Crippen LogP) is 3.74.